The Morgan fingerprint density at radius 1 is 1.43 bits per heavy atom. The third kappa shape index (κ3) is 3.26. The average Bonchev–Trinajstić information content (AvgIpc) is 2.92. The predicted molar refractivity (Wildman–Crippen MR) is 75.2 cm³/mol. The number of aromatic amines is 1. The smallest absolute Gasteiger partial charge is 0.270 e. The van der Waals surface area contributed by atoms with Crippen LogP contribution in [0, 0.1) is 17.0 Å². The van der Waals surface area contributed by atoms with Gasteiger partial charge in [0.2, 0.25) is 10.0 Å². The lowest BCUT2D eigenvalue weighted by Gasteiger charge is -2.14. The number of nitrogens with zero attached hydrogens (tertiary/aromatic N) is 2. The summed E-state index contributed by atoms with van der Waals surface area (Å²) in [6, 6.07) is 3.23. The van der Waals surface area contributed by atoms with Crippen molar-refractivity contribution in [3.05, 3.63) is 51.8 Å². The second kappa shape index (κ2) is 5.62. The molecule has 0 amide bonds. The third-order valence-corrected chi connectivity index (χ3v) is 4.71. The molecule has 1 heterocycles. The topological polar surface area (TPSA) is 118 Å². The summed E-state index contributed by atoms with van der Waals surface area (Å²) in [5, 5.41) is 17.1. The molecule has 0 aliphatic carbocycles. The fraction of sp³-hybridized carbons (Fsp3) is 0.250. The first-order chi connectivity index (χ1) is 9.81. The van der Waals surface area contributed by atoms with Gasteiger partial charge in [0.05, 0.1) is 16.0 Å². The van der Waals surface area contributed by atoms with Crippen molar-refractivity contribution in [2.45, 2.75) is 24.8 Å². The van der Waals surface area contributed by atoms with E-state index in [4.69, 9.17) is 0 Å². The maximum Gasteiger partial charge on any atom is 0.270 e. The van der Waals surface area contributed by atoms with Gasteiger partial charge in [0.15, 0.2) is 0 Å². The van der Waals surface area contributed by atoms with E-state index >= 15 is 0 Å². The van der Waals surface area contributed by atoms with Crippen molar-refractivity contribution in [1.82, 2.24) is 14.9 Å². The van der Waals surface area contributed by atoms with Crippen LogP contribution in [0.1, 0.15) is 24.1 Å². The predicted octanol–water partition coefficient (Wildman–Crippen LogP) is 1.67. The van der Waals surface area contributed by atoms with Gasteiger partial charge >= 0.3 is 0 Å². The highest BCUT2D eigenvalue weighted by atomic mass is 32.2. The van der Waals surface area contributed by atoms with Crippen LogP contribution in [0.3, 0.4) is 0 Å². The van der Waals surface area contributed by atoms with Crippen molar-refractivity contribution in [3.8, 4) is 0 Å². The van der Waals surface area contributed by atoms with Crippen molar-refractivity contribution in [3.63, 3.8) is 0 Å². The number of rotatable bonds is 5. The van der Waals surface area contributed by atoms with E-state index in [1.807, 2.05) is 0 Å². The standard InChI is InChI=1S/C12H14N4O4S/c1-8-3-4-11(16(17)18)5-12(8)21(19,20)15-9(2)10-6-13-14-7-10/h3-7,9,15H,1-2H3,(H,13,14). The highest BCUT2D eigenvalue weighted by molar-refractivity contribution is 7.89. The number of H-pyrrole nitrogens is 1. The molecular formula is C12H14N4O4S. The van der Waals surface area contributed by atoms with Crippen LogP contribution >= 0.6 is 0 Å². The zero-order valence-corrected chi connectivity index (χ0v) is 12.2. The lowest BCUT2D eigenvalue weighted by atomic mass is 10.2. The van der Waals surface area contributed by atoms with Gasteiger partial charge in [-0.15, -0.1) is 0 Å². The highest BCUT2D eigenvalue weighted by Gasteiger charge is 2.23. The fourth-order valence-corrected chi connectivity index (χ4v) is 3.35. The fourth-order valence-electron chi connectivity index (χ4n) is 1.85. The quantitative estimate of drug-likeness (QED) is 0.643. The number of non-ortho nitro benzene ring substituents is 1. The van der Waals surface area contributed by atoms with E-state index in [1.165, 1.54) is 18.3 Å². The van der Waals surface area contributed by atoms with Gasteiger partial charge in [-0.05, 0) is 19.4 Å². The SMILES string of the molecule is Cc1ccc([N+](=O)[O-])cc1S(=O)(=O)NC(C)c1cn[nH]c1. The molecule has 0 bridgehead atoms. The van der Waals surface area contributed by atoms with Crippen LogP contribution in [0.15, 0.2) is 35.5 Å². The molecule has 9 heteroatoms. The first-order valence-corrected chi connectivity index (χ1v) is 7.55. The summed E-state index contributed by atoms with van der Waals surface area (Å²) in [5.74, 6) is 0. The number of hydrogen-bond acceptors (Lipinski definition) is 5. The lowest BCUT2D eigenvalue weighted by molar-refractivity contribution is -0.385. The number of aromatic nitrogens is 2. The Bertz CT molecular complexity index is 756. The van der Waals surface area contributed by atoms with Crippen LogP contribution in [0.25, 0.3) is 0 Å². The molecule has 1 atom stereocenters. The molecule has 2 rings (SSSR count). The molecule has 2 N–H and O–H groups in total. The van der Waals surface area contributed by atoms with E-state index in [0.29, 0.717) is 11.1 Å². The molecule has 2 aromatic rings. The first kappa shape index (κ1) is 15.1. The van der Waals surface area contributed by atoms with Gasteiger partial charge in [0.25, 0.3) is 5.69 Å². The Morgan fingerprint density at radius 3 is 2.71 bits per heavy atom. The number of benzene rings is 1. The highest BCUT2D eigenvalue weighted by Crippen LogP contribution is 2.23. The number of aryl methyl sites for hydroxylation is 1. The molecule has 1 unspecified atom stereocenters. The van der Waals surface area contributed by atoms with Crippen LogP contribution in [-0.2, 0) is 10.0 Å². The molecule has 0 saturated carbocycles. The van der Waals surface area contributed by atoms with Gasteiger partial charge < -0.3 is 0 Å². The second-order valence-corrected chi connectivity index (χ2v) is 6.26. The zero-order valence-electron chi connectivity index (χ0n) is 11.4. The second-order valence-electron chi connectivity index (χ2n) is 4.58. The molecule has 0 aliphatic rings. The summed E-state index contributed by atoms with van der Waals surface area (Å²) in [5.41, 5.74) is 0.839. The normalized spacial score (nSPS) is 13.0. The minimum absolute atomic E-state index is 0.105. The summed E-state index contributed by atoms with van der Waals surface area (Å²) in [6.07, 6.45) is 3.08. The Morgan fingerprint density at radius 2 is 2.14 bits per heavy atom. The largest absolute Gasteiger partial charge is 0.285 e. The minimum Gasteiger partial charge on any atom is -0.285 e. The van der Waals surface area contributed by atoms with Crippen molar-refractivity contribution < 1.29 is 13.3 Å². The molecule has 21 heavy (non-hydrogen) atoms. The summed E-state index contributed by atoms with van der Waals surface area (Å²) >= 11 is 0. The summed E-state index contributed by atoms with van der Waals surface area (Å²) in [6.45, 7) is 3.25. The Balaban J connectivity index is 2.35. The average molecular weight is 310 g/mol. The van der Waals surface area contributed by atoms with Crippen LogP contribution in [0.5, 0.6) is 0 Å². The Kier molecular flexibility index (Phi) is 4.05. The Hall–Kier alpha value is -2.26. The van der Waals surface area contributed by atoms with Crippen LogP contribution < -0.4 is 4.72 Å². The lowest BCUT2D eigenvalue weighted by Crippen LogP contribution is -2.27. The molecule has 0 aliphatic heterocycles. The van der Waals surface area contributed by atoms with E-state index in [0.717, 1.165) is 6.07 Å². The summed E-state index contributed by atoms with van der Waals surface area (Å²) < 4.78 is 27.2. The molecule has 0 spiro atoms. The first-order valence-electron chi connectivity index (χ1n) is 6.07. The molecular weight excluding hydrogens is 296 g/mol. The van der Waals surface area contributed by atoms with Crippen LogP contribution in [-0.4, -0.2) is 23.5 Å². The van der Waals surface area contributed by atoms with Gasteiger partial charge in [0, 0.05) is 29.9 Å². The van der Waals surface area contributed by atoms with E-state index in [9.17, 15) is 18.5 Å². The molecule has 1 aromatic carbocycles. The van der Waals surface area contributed by atoms with Crippen molar-refractivity contribution in [2.24, 2.45) is 0 Å². The van der Waals surface area contributed by atoms with Gasteiger partial charge in [0.1, 0.15) is 0 Å². The number of nitro groups is 1. The van der Waals surface area contributed by atoms with Crippen molar-refractivity contribution in [2.75, 3.05) is 0 Å². The summed E-state index contributed by atoms with van der Waals surface area (Å²) in [4.78, 5) is 10.0. The van der Waals surface area contributed by atoms with Crippen molar-refractivity contribution >= 4 is 15.7 Å². The molecule has 1 aromatic heterocycles. The number of hydrogen-bond donors (Lipinski definition) is 2. The molecule has 8 nitrogen and oxygen atoms in total. The number of sulfonamides is 1. The maximum atomic E-state index is 12.4. The minimum atomic E-state index is -3.87. The Labute approximate surface area is 121 Å². The number of nitrogens with one attached hydrogen (secondary N) is 2. The molecule has 0 saturated heterocycles. The zero-order chi connectivity index (χ0) is 15.6. The third-order valence-electron chi connectivity index (χ3n) is 3.02. The van der Waals surface area contributed by atoms with Crippen molar-refractivity contribution in [1.29, 1.82) is 0 Å². The van der Waals surface area contributed by atoms with Gasteiger partial charge in [-0.3, -0.25) is 15.2 Å². The van der Waals surface area contributed by atoms with E-state index in [1.54, 1.807) is 20.0 Å². The van der Waals surface area contributed by atoms with E-state index in [-0.39, 0.29) is 10.6 Å². The molecule has 0 fully saturated rings. The van der Waals surface area contributed by atoms with Gasteiger partial charge in [-0.2, -0.15) is 5.10 Å². The monoisotopic (exact) mass is 310 g/mol. The number of nitro benzene ring substituents is 1. The van der Waals surface area contributed by atoms with Gasteiger partial charge in [-0.25, -0.2) is 13.1 Å². The van der Waals surface area contributed by atoms with Gasteiger partial charge in [-0.1, -0.05) is 6.07 Å². The molecule has 0 radical (unpaired) electrons. The van der Waals surface area contributed by atoms with Crippen LogP contribution in [0.4, 0.5) is 5.69 Å². The van der Waals surface area contributed by atoms with Crippen LogP contribution in [0.2, 0.25) is 0 Å². The van der Waals surface area contributed by atoms with E-state index < -0.39 is 21.0 Å². The summed E-state index contributed by atoms with van der Waals surface area (Å²) in [7, 11) is -3.87. The maximum absolute atomic E-state index is 12.4. The van der Waals surface area contributed by atoms with E-state index in [2.05, 4.69) is 14.9 Å². The molecule has 112 valence electrons.